The van der Waals surface area contributed by atoms with Crippen LogP contribution in [0.3, 0.4) is 0 Å². The normalized spacial score (nSPS) is 33.5. The summed E-state index contributed by atoms with van der Waals surface area (Å²) in [6.45, 7) is 6.58. The topological polar surface area (TPSA) is 38.5 Å². The first-order valence-corrected chi connectivity index (χ1v) is 7.59. The van der Waals surface area contributed by atoms with Crippen molar-refractivity contribution in [1.82, 2.24) is 4.90 Å². The lowest BCUT2D eigenvalue weighted by Gasteiger charge is -2.45. The maximum atomic E-state index is 6.10. The van der Waals surface area contributed by atoms with Crippen molar-refractivity contribution in [3.63, 3.8) is 0 Å². The molecule has 1 aliphatic heterocycles. The summed E-state index contributed by atoms with van der Waals surface area (Å²) < 4.78 is 5.69. The lowest BCUT2D eigenvalue weighted by atomic mass is 9.73. The molecule has 106 valence electrons. The van der Waals surface area contributed by atoms with Crippen LogP contribution in [0.5, 0.6) is 0 Å². The number of hydrogen-bond acceptors (Lipinski definition) is 3. The van der Waals surface area contributed by atoms with Gasteiger partial charge in [0.1, 0.15) is 0 Å². The van der Waals surface area contributed by atoms with Gasteiger partial charge in [0, 0.05) is 20.2 Å². The van der Waals surface area contributed by atoms with E-state index in [1.807, 2.05) is 7.11 Å². The highest BCUT2D eigenvalue weighted by atomic mass is 16.5. The minimum atomic E-state index is 0.0582. The van der Waals surface area contributed by atoms with Gasteiger partial charge in [-0.25, -0.2) is 0 Å². The Kier molecular flexibility index (Phi) is 4.68. The quantitative estimate of drug-likeness (QED) is 0.837. The van der Waals surface area contributed by atoms with Crippen LogP contribution in [0.2, 0.25) is 0 Å². The van der Waals surface area contributed by atoms with Gasteiger partial charge < -0.3 is 10.5 Å². The lowest BCUT2D eigenvalue weighted by molar-refractivity contribution is -0.0613. The molecule has 0 amide bonds. The van der Waals surface area contributed by atoms with Crippen molar-refractivity contribution in [2.75, 3.05) is 33.3 Å². The molecule has 1 atom stereocenters. The maximum absolute atomic E-state index is 6.10. The molecule has 1 saturated heterocycles. The van der Waals surface area contributed by atoms with E-state index in [-0.39, 0.29) is 5.60 Å². The standard InChI is InChI=1S/C15H30N2O/c1-14(18-2)7-6-10-17(12-14)13-15(11-16)8-4-3-5-9-15/h3-13,16H2,1-2H3. The molecule has 2 aliphatic rings. The predicted molar refractivity (Wildman–Crippen MR) is 75.7 cm³/mol. The van der Waals surface area contributed by atoms with Crippen LogP contribution >= 0.6 is 0 Å². The molecule has 0 aromatic heterocycles. The Morgan fingerprint density at radius 3 is 2.44 bits per heavy atom. The van der Waals surface area contributed by atoms with Crippen LogP contribution < -0.4 is 5.73 Å². The molecule has 1 aliphatic carbocycles. The zero-order valence-corrected chi connectivity index (χ0v) is 12.2. The fourth-order valence-corrected chi connectivity index (χ4v) is 3.81. The van der Waals surface area contributed by atoms with Gasteiger partial charge in [0.2, 0.25) is 0 Å². The zero-order valence-electron chi connectivity index (χ0n) is 12.2. The number of piperidine rings is 1. The molecule has 1 saturated carbocycles. The minimum absolute atomic E-state index is 0.0582. The summed E-state index contributed by atoms with van der Waals surface area (Å²) >= 11 is 0. The molecule has 18 heavy (non-hydrogen) atoms. The zero-order chi connectivity index (χ0) is 13.1. The highest BCUT2D eigenvalue weighted by molar-refractivity contribution is 4.91. The molecule has 2 N–H and O–H groups in total. The van der Waals surface area contributed by atoms with E-state index in [0.29, 0.717) is 5.41 Å². The highest BCUT2D eigenvalue weighted by Gasteiger charge is 2.37. The lowest BCUT2D eigenvalue weighted by Crippen LogP contribution is -2.52. The number of hydrogen-bond donors (Lipinski definition) is 1. The third kappa shape index (κ3) is 3.25. The number of nitrogens with zero attached hydrogens (tertiary/aromatic N) is 1. The summed E-state index contributed by atoms with van der Waals surface area (Å²) in [5, 5.41) is 0. The van der Waals surface area contributed by atoms with E-state index in [9.17, 15) is 0 Å². The van der Waals surface area contributed by atoms with Gasteiger partial charge in [0.05, 0.1) is 5.60 Å². The molecular weight excluding hydrogens is 224 g/mol. The van der Waals surface area contributed by atoms with Gasteiger partial charge in [-0.05, 0) is 51.1 Å². The van der Waals surface area contributed by atoms with E-state index in [4.69, 9.17) is 10.5 Å². The van der Waals surface area contributed by atoms with Gasteiger partial charge in [-0.15, -0.1) is 0 Å². The summed E-state index contributed by atoms with van der Waals surface area (Å²) in [5.41, 5.74) is 6.55. The molecule has 3 heteroatoms. The smallest absolute Gasteiger partial charge is 0.0777 e. The third-order valence-electron chi connectivity index (χ3n) is 5.14. The van der Waals surface area contributed by atoms with Crippen LogP contribution in [0.25, 0.3) is 0 Å². The molecule has 0 aromatic carbocycles. The van der Waals surface area contributed by atoms with Crippen molar-refractivity contribution in [3.05, 3.63) is 0 Å². The monoisotopic (exact) mass is 254 g/mol. The molecular formula is C15H30N2O. The second-order valence-electron chi connectivity index (χ2n) is 6.73. The van der Waals surface area contributed by atoms with Crippen LogP contribution in [0.4, 0.5) is 0 Å². The number of ether oxygens (including phenoxy) is 1. The first-order valence-electron chi connectivity index (χ1n) is 7.59. The van der Waals surface area contributed by atoms with Crippen LogP contribution in [-0.4, -0.2) is 43.8 Å². The van der Waals surface area contributed by atoms with Crippen molar-refractivity contribution >= 4 is 0 Å². The number of rotatable bonds is 4. The molecule has 1 unspecified atom stereocenters. The van der Waals surface area contributed by atoms with Gasteiger partial charge in [0.15, 0.2) is 0 Å². The predicted octanol–water partition coefficient (Wildman–Crippen LogP) is 2.40. The Morgan fingerprint density at radius 2 is 1.83 bits per heavy atom. The van der Waals surface area contributed by atoms with Crippen molar-refractivity contribution in [2.45, 2.75) is 57.5 Å². The molecule has 0 spiro atoms. The maximum Gasteiger partial charge on any atom is 0.0777 e. The van der Waals surface area contributed by atoms with Crippen molar-refractivity contribution in [3.8, 4) is 0 Å². The Balaban J connectivity index is 1.94. The average Bonchev–Trinajstić information content (AvgIpc) is 2.40. The van der Waals surface area contributed by atoms with Crippen molar-refractivity contribution < 1.29 is 4.74 Å². The summed E-state index contributed by atoms with van der Waals surface area (Å²) in [6, 6.07) is 0. The Labute approximate surface area is 112 Å². The second-order valence-corrected chi connectivity index (χ2v) is 6.73. The number of methoxy groups -OCH3 is 1. The summed E-state index contributed by atoms with van der Waals surface area (Å²) in [5.74, 6) is 0. The van der Waals surface area contributed by atoms with Crippen LogP contribution in [0.15, 0.2) is 0 Å². The number of likely N-dealkylation sites (tertiary alicyclic amines) is 1. The largest absolute Gasteiger partial charge is 0.377 e. The molecule has 0 bridgehead atoms. The van der Waals surface area contributed by atoms with Gasteiger partial charge in [-0.1, -0.05) is 19.3 Å². The Hall–Kier alpha value is -0.120. The van der Waals surface area contributed by atoms with E-state index in [0.717, 1.165) is 13.1 Å². The number of nitrogens with two attached hydrogens (primary N) is 1. The fraction of sp³-hybridized carbons (Fsp3) is 1.00. The fourth-order valence-electron chi connectivity index (χ4n) is 3.81. The molecule has 2 rings (SSSR count). The molecule has 0 aromatic rings. The molecule has 0 radical (unpaired) electrons. The van der Waals surface area contributed by atoms with Crippen LogP contribution in [0, 0.1) is 5.41 Å². The van der Waals surface area contributed by atoms with Crippen LogP contribution in [-0.2, 0) is 4.74 Å². The van der Waals surface area contributed by atoms with E-state index in [2.05, 4.69) is 11.8 Å². The summed E-state index contributed by atoms with van der Waals surface area (Å²) in [4.78, 5) is 2.60. The second kappa shape index (κ2) is 5.89. The third-order valence-corrected chi connectivity index (χ3v) is 5.14. The Bertz CT molecular complexity index is 263. The van der Waals surface area contributed by atoms with Gasteiger partial charge in [0.25, 0.3) is 0 Å². The van der Waals surface area contributed by atoms with Crippen molar-refractivity contribution in [2.24, 2.45) is 11.1 Å². The molecule has 1 heterocycles. The van der Waals surface area contributed by atoms with E-state index >= 15 is 0 Å². The van der Waals surface area contributed by atoms with Gasteiger partial charge >= 0.3 is 0 Å². The van der Waals surface area contributed by atoms with Gasteiger partial charge in [-0.3, -0.25) is 4.90 Å². The summed E-state index contributed by atoms with van der Waals surface area (Å²) in [6.07, 6.45) is 9.23. The Morgan fingerprint density at radius 1 is 1.11 bits per heavy atom. The van der Waals surface area contributed by atoms with E-state index in [1.54, 1.807) is 0 Å². The molecule has 3 nitrogen and oxygen atoms in total. The van der Waals surface area contributed by atoms with E-state index < -0.39 is 0 Å². The van der Waals surface area contributed by atoms with Crippen LogP contribution in [0.1, 0.15) is 51.9 Å². The highest BCUT2D eigenvalue weighted by Crippen LogP contribution is 2.37. The van der Waals surface area contributed by atoms with Crippen molar-refractivity contribution in [1.29, 1.82) is 0 Å². The summed E-state index contributed by atoms with van der Waals surface area (Å²) in [7, 11) is 1.85. The minimum Gasteiger partial charge on any atom is -0.377 e. The first-order chi connectivity index (χ1) is 8.61. The van der Waals surface area contributed by atoms with E-state index in [1.165, 1.54) is 58.0 Å². The SMILES string of the molecule is COC1(C)CCCN(CC2(CN)CCCCC2)C1. The van der Waals surface area contributed by atoms with Gasteiger partial charge in [-0.2, -0.15) is 0 Å². The molecule has 2 fully saturated rings. The average molecular weight is 254 g/mol. The first kappa shape index (κ1) is 14.3.